The van der Waals surface area contributed by atoms with Gasteiger partial charge in [-0.2, -0.15) is 0 Å². The van der Waals surface area contributed by atoms with E-state index in [2.05, 4.69) is 26.1 Å². The summed E-state index contributed by atoms with van der Waals surface area (Å²) in [6, 6.07) is 0.652. The lowest BCUT2D eigenvalue weighted by molar-refractivity contribution is 0.153. The van der Waals surface area contributed by atoms with E-state index in [0.717, 1.165) is 13.2 Å². The number of hydrogen-bond donors (Lipinski definition) is 1. The fourth-order valence-electron chi connectivity index (χ4n) is 1.40. The SMILES string of the molecule is CCCNC(C)CCC(C)COC. The van der Waals surface area contributed by atoms with Crippen LogP contribution in [0.3, 0.4) is 0 Å². The van der Waals surface area contributed by atoms with E-state index >= 15 is 0 Å². The van der Waals surface area contributed by atoms with Crippen molar-refractivity contribution in [3.63, 3.8) is 0 Å². The van der Waals surface area contributed by atoms with Crippen molar-refractivity contribution < 1.29 is 4.74 Å². The smallest absolute Gasteiger partial charge is 0.0487 e. The van der Waals surface area contributed by atoms with Crippen LogP contribution in [0, 0.1) is 5.92 Å². The second kappa shape index (κ2) is 8.52. The molecule has 0 saturated carbocycles. The summed E-state index contributed by atoms with van der Waals surface area (Å²) in [6.07, 6.45) is 3.73. The van der Waals surface area contributed by atoms with E-state index < -0.39 is 0 Å². The number of nitrogens with one attached hydrogen (secondary N) is 1. The molecule has 0 aliphatic heterocycles. The molecule has 0 aliphatic rings. The summed E-state index contributed by atoms with van der Waals surface area (Å²) < 4.78 is 5.10. The number of hydrogen-bond acceptors (Lipinski definition) is 2. The van der Waals surface area contributed by atoms with Crippen LogP contribution in [0.2, 0.25) is 0 Å². The van der Waals surface area contributed by atoms with Crippen molar-refractivity contribution in [3.05, 3.63) is 0 Å². The minimum atomic E-state index is 0.652. The van der Waals surface area contributed by atoms with E-state index in [-0.39, 0.29) is 0 Å². The highest BCUT2D eigenvalue weighted by molar-refractivity contribution is 4.62. The van der Waals surface area contributed by atoms with Crippen LogP contribution in [0.1, 0.15) is 40.0 Å². The van der Waals surface area contributed by atoms with Crippen molar-refractivity contribution in [1.29, 1.82) is 0 Å². The summed E-state index contributed by atoms with van der Waals surface area (Å²) in [6.45, 7) is 8.73. The molecule has 0 fully saturated rings. The lowest BCUT2D eigenvalue weighted by Gasteiger charge is -2.15. The second-order valence-electron chi connectivity index (χ2n) is 3.99. The standard InChI is InChI=1S/C11H25NO/c1-5-8-12-11(3)7-6-10(2)9-13-4/h10-12H,5-9H2,1-4H3. The molecule has 0 rings (SSSR count). The number of rotatable bonds is 8. The molecule has 2 unspecified atom stereocenters. The Bertz CT molecular complexity index is 106. The Balaban J connectivity index is 3.29. The number of methoxy groups -OCH3 is 1. The van der Waals surface area contributed by atoms with E-state index in [9.17, 15) is 0 Å². The zero-order valence-electron chi connectivity index (χ0n) is 9.60. The van der Waals surface area contributed by atoms with Crippen molar-refractivity contribution in [2.24, 2.45) is 5.92 Å². The molecule has 1 N–H and O–H groups in total. The molecule has 2 nitrogen and oxygen atoms in total. The quantitative estimate of drug-likeness (QED) is 0.630. The predicted octanol–water partition coefficient (Wildman–Crippen LogP) is 2.44. The van der Waals surface area contributed by atoms with Gasteiger partial charge in [0.05, 0.1) is 0 Å². The molecule has 2 heteroatoms. The molecule has 13 heavy (non-hydrogen) atoms. The molecule has 0 aromatic heterocycles. The van der Waals surface area contributed by atoms with E-state index in [1.807, 2.05) is 0 Å². The normalized spacial score (nSPS) is 15.7. The molecule has 0 bridgehead atoms. The molecule has 2 atom stereocenters. The van der Waals surface area contributed by atoms with E-state index in [1.54, 1.807) is 7.11 Å². The lowest BCUT2D eigenvalue weighted by Crippen LogP contribution is -2.27. The van der Waals surface area contributed by atoms with Crippen LogP contribution in [0.5, 0.6) is 0 Å². The highest BCUT2D eigenvalue weighted by Gasteiger charge is 2.05. The summed E-state index contributed by atoms with van der Waals surface area (Å²) >= 11 is 0. The lowest BCUT2D eigenvalue weighted by atomic mass is 10.0. The van der Waals surface area contributed by atoms with E-state index in [1.165, 1.54) is 19.3 Å². The van der Waals surface area contributed by atoms with Gasteiger partial charge in [0, 0.05) is 19.8 Å². The van der Waals surface area contributed by atoms with Gasteiger partial charge in [0.1, 0.15) is 0 Å². The maximum absolute atomic E-state index is 5.10. The molecule has 0 amide bonds. The average Bonchev–Trinajstić information content (AvgIpc) is 2.12. The summed E-state index contributed by atoms with van der Waals surface area (Å²) in [5.74, 6) is 0.691. The third-order valence-electron chi connectivity index (χ3n) is 2.29. The van der Waals surface area contributed by atoms with Crippen molar-refractivity contribution in [2.75, 3.05) is 20.3 Å². The fourth-order valence-corrected chi connectivity index (χ4v) is 1.40. The van der Waals surface area contributed by atoms with Crippen LogP contribution in [0.25, 0.3) is 0 Å². The second-order valence-corrected chi connectivity index (χ2v) is 3.99. The van der Waals surface area contributed by atoms with Gasteiger partial charge in [0.25, 0.3) is 0 Å². The fraction of sp³-hybridized carbons (Fsp3) is 1.00. The maximum Gasteiger partial charge on any atom is 0.0487 e. The van der Waals surface area contributed by atoms with Crippen molar-refractivity contribution in [1.82, 2.24) is 5.32 Å². The first-order valence-electron chi connectivity index (χ1n) is 5.43. The van der Waals surface area contributed by atoms with Gasteiger partial charge in [0.15, 0.2) is 0 Å². The Labute approximate surface area is 83.1 Å². The third-order valence-corrected chi connectivity index (χ3v) is 2.29. The molecule has 80 valence electrons. The monoisotopic (exact) mass is 187 g/mol. The summed E-state index contributed by atoms with van der Waals surface area (Å²) in [7, 11) is 1.77. The van der Waals surface area contributed by atoms with Gasteiger partial charge in [-0.25, -0.2) is 0 Å². The zero-order chi connectivity index (χ0) is 10.1. The Hall–Kier alpha value is -0.0800. The van der Waals surface area contributed by atoms with Crippen molar-refractivity contribution in [3.8, 4) is 0 Å². The summed E-state index contributed by atoms with van der Waals surface area (Å²) in [5.41, 5.74) is 0. The van der Waals surface area contributed by atoms with Crippen molar-refractivity contribution in [2.45, 2.75) is 46.1 Å². The minimum Gasteiger partial charge on any atom is -0.384 e. The number of ether oxygens (including phenoxy) is 1. The van der Waals surface area contributed by atoms with Crippen molar-refractivity contribution >= 4 is 0 Å². The van der Waals surface area contributed by atoms with Gasteiger partial charge < -0.3 is 10.1 Å². The molecule has 0 aliphatic carbocycles. The predicted molar refractivity (Wildman–Crippen MR) is 58.0 cm³/mol. The molecule has 0 aromatic rings. The Morgan fingerprint density at radius 2 is 1.92 bits per heavy atom. The van der Waals surface area contributed by atoms with Crippen LogP contribution in [0.4, 0.5) is 0 Å². The largest absolute Gasteiger partial charge is 0.384 e. The molecule has 0 aromatic carbocycles. The zero-order valence-corrected chi connectivity index (χ0v) is 9.60. The van der Waals surface area contributed by atoms with Gasteiger partial charge in [-0.3, -0.25) is 0 Å². The van der Waals surface area contributed by atoms with Crippen LogP contribution >= 0.6 is 0 Å². The summed E-state index contributed by atoms with van der Waals surface area (Å²) in [4.78, 5) is 0. The highest BCUT2D eigenvalue weighted by Crippen LogP contribution is 2.07. The van der Waals surface area contributed by atoms with Gasteiger partial charge in [-0.05, 0) is 38.6 Å². The summed E-state index contributed by atoms with van der Waals surface area (Å²) in [5, 5.41) is 3.49. The topological polar surface area (TPSA) is 21.3 Å². The maximum atomic E-state index is 5.10. The third kappa shape index (κ3) is 8.26. The molecule has 0 saturated heterocycles. The van der Waals surface area contributed by atoms with Crippen LogP contribution in [-0.2, 0) is 4.74 Å². The van der Waals surface area contributed by atoms with E-state index in [4.69, 9.17) is 4.74 Å². The first-order valence-corrected chi connectivity index (χ1v) is 5.43. The molecule has 0 radical (unpaired) electrons. The van der Waals surface area contributed by atoms with Crippen LogP contribution < -0.4 is 5.32 Å². The van der Waals surface area contributed by atoms with Crippen LogP contribution in [-0.4, -0.2) is 26.3 Å². The molecule has 0 spiro atoms. The van der Waals surface area contributed by atoms with Gasteiger partial charge >= 0.3 is 0 Å². The van der Waals surface area contributed by atoms with Gasteiger partial charge in [0.2, 0.25) is 0 Å². The first kappa shape index (κ1) is 12.9. The first-order chi connectivity index (χ1) is 6.20. The minimum absolute atomic E-state index is 0.652. The Morgan fingerprint density at radius 3 is 2.46 bits per heavy atom. The molecule has 0 heterocycles. The molecular formula is C11H25NO. The highest BCUT2D eigenvalue weighted by atomic mass is 16.5. The van der Waals surface area contributed by atoms with Gasteiger partial charge in [-0.15, -0.1) is 0 Å². The Kier molecular flexibility index (Phi) is 8.46. The average molecular weight is 187 g/mol. The Morgan fingerprint density at radius 1 is 1.23 bits per heavy atom. The van der Waals surface area contributed by atoms with Crippen LogP contribution in [0.15, 0.2) is 0 Å². The van der Waals surface area contributed by atoms with E-state index in [0.29, 0.717) is 12.0 Å². The molecular weight excluding hydrogens is 162 g/mol. The van der Waals surface area contributed by atoms with Gasteiger partial charge in [-0.1, -0.05) is 13.8 Å².